The molecule has 3 aromatic carbocycles. The zero-order valence-electron chi connectivity index (χ0n) is 18.6. The van der Waals surface area contributed by atoms with E-state index in [-0.39, 0.29) is 17.1 Å². The molecule has 0 bridgehead atoms. The van der Waals surface area contributed by atoms with Gasteiger partial charge >= 0.3 is 10.1 Å². The third-order valence-corrected chi connectivity index (χ3v) is 5.89. The number of anilines is 1. The number of nitriles is 1. The first-order valence-electron chi connectivity index (χ1n) is 10.00. The standard InChI is InChI=1S/C24H19N3O7S/c1-16-5-3-6-19(11-16)26-24(28)18(15-25)12-17-9-10-22(23(13-17)33-2)34-35(31,32)21-8-4-7-20(14-21)27(29)30/h3-14H,1-2H3,(H,26,28)/b18-12+. The van der Waals surface area contributed by atoms with Gasteiger partial charge in [-0.05, 0) is 54.5 Å². The summed E-state index contributed by atoms with van der Waals surface area (Å²) >= 11 is 0. The van der Waals surface area contributed by atoms with Crippen molar-refractivity contribution in [3.8, 4) is 17.6 Å². The Morgan fingerprint density at radius 3 is 2.49 bits per heavy atom. The Balaban J connectivity index is 1.86. The van der Waals surface area contributed by atoms with E-state index in [0.717, 1.165) is 23.8 Å². The highest BCUT2D eigenvalue weighted by atomic mass is 32.2. The molecule has 0 spiro atoms. The van der Waals surface area contributed by atoms with Crippen molar-refractivity contribution in [3.63, 3.8) is 0 Å². The van der Waals surface area contributed by atoms with E-state index in [0.29, 0.717) is 11.3 Å². The van der Waals surface area contributed by atoms with E-state index in [4.69, 9.17) is 8.92 Å². The van der Waals surface area contributed by atoms with Gasteiger partial charge in [-0.3, -0.25) is 14.9 Å². The summed E-state index contributed by atoms with van der Waals surface area (Å²) in [6.45, 7) is 1.87. The van der Waals surface area contributed by atoms with Crippen molar-refractivity contribution in [2.75, 3.05) is 12.4 Å². The molecule has 11 heteroatoms. The Morgan fingerprint density at radius 2 is 1.83 bits per heavy atom. The van der Waals surface area contributed by atoms with Gasteiger partial charge in [0.05, 0.1) is 12.0 Å². The Morgan fingerprint density at radius 1 is 1.09 bits per heavy atom. The number of rotatable bonds is 8. The maximum Gasteiger partial charge on any atom is 0.339 e. The van der Waals surface area contributed by atoms with Gasteiger partial charge in [-0.2, -0.15) is 13.7 Å². The fraction of sp³-hybridized carbons (Fsp3) is 0.0833. The minimum atomic E-state index is -4.41. The summed E-state index contributed by atoms with van der Waals surface area (Å²) < 4.78 is 35.6. The molecule has 0 aliphatic carbocycles. The number of nitrogens with zero attached hydrogens (tertiary/aromatic N) is 2. The van der Waals surface area contributed by atoms with Crippen LogP contribution in [0.5, 0.6) is 11.5 Å². The highest BCUT2D eigenvalue weighted by molar-refractivity contribution is 7.87. The zero-order valence-corrected chi connectivity index (χ0v) is 19.4. The lowest BCUT2D eigenvalue weighted by Crippen LogP contribution is -2.13. The summed E-state index contributed by atoms with van der Waals surface area (Å²) in [5.74, 6) is -0.798. The van der Waals surface area contributed by atoms with E-state index in [1.54, 1.807) is 18.2 Å². The summed E-state index contributed by atoms with van der Waals surface area (Å²) in [4.78, 5) is 22.3. The van der Waals surface area contributed by atoms with E-state index in [1.165, 1.54) is 37.5 Å². The quantitative estimate of drug-likeness (QED) is 0.161. The van der Waals surface area contributed by atoms with E-state index in [9.17, 15) is 28.6 Å². The average molecular weight is 493 g/mol. The van der Waals surface area contributed by atoms with Gasteiger partial charge in [0.1, 0.15) is 16.5 Å². The molecule has 0 aromatic heterocycles. The number of carbonyl (C=O) groups is 1. The third-order valence-electron chi connectivity index (χ3n) is 4.66. The minimum absolute atomic E-state index is 0.00383. The van der Waals surface area contributed by atoms with Crippen molar-refractivity contribution in [1.82, 2.24) is 0 Å². The van der Waals surface area contributed by atoms with Crippen LogP contribution in [0.15, 0.2) is 77.2 Å². The zero-order chi connectivity index (χ0) is 25.6. The number of hydrogen-bond acceptors (Lipinski definition) is 8. The molecule has 1 amide bonds. The SMILES string of the molecule is COc1cc(/C=C(\C#N)C(=O)Nc2cccc(C)c2)ccc1OS(=O)(=O)c1cccc([N+](=O)[O-])c1. The molecule has 0 heterocycles. The molecule has 178 valence electrons. The lowest BCUT2D eigenvalue weighted by Gasteiger charge is -2.11. The van der Waals surface area contributed by atoms with Gasteiger partial charge in [-0.15, -0.1) is 0 Å². The molecule has 0 fully saturated rings. The van der Waals surface area contributed by atoms with Gasteiger partial charge in [0, 0.05) is 17.8 Å². The maximum atomic E-state index is 12.6. The van der Waals surface area contributed by atoms with Crippen LogP contribution in [0.1, 0.15) is 11.1 Å². The van der Waals surface area contributed by atoms with Gasteiger partial charge in [0.2, 0.25) is 0 Å². The number of nitro benzene ring substituents is 1. The molecule has 10 nitrogen and oxygen atoms in total. The number of aryl methyl sites for hydroxylation is 1. The molecule has 0 saturated heterocycles. The molecule has 0 aliphatic heterocycles. The van der Waals surface area contributed by atoms with E-state index < -0.39 is 31.5 Å². The van der Waals surface area contributed by atoms with Crippen molar-refractivity contribution in [1.29, 1.82) is 5.26 Å². The largest absolute Gasteiger partial charge is 0.493 e. The second kappa shape index (κ2) is 10.5. The number of benzene rings is 3. The smallest absolute Gasteiger partial charge is 0.339 e. The molecule has 1 N–H and O–H groups in total. The highest BCUT2D eigenvalue weighted by Gasteiger charge is 2.22. The van der Waals surface area contributed by atoms with Crippen molar-refractivity contribution in [3.05, 3.63) is 93.5 Å². The molecule has 3 aromatic rings. The summed E-state index contributed by atoms with van der Waals surface area (Å²) in [6, 6.07) is 17.4. The third kappa shape index (κ3) is 6.21. The molecule has 35 heavy (non-hydrogen) atoms. The first-order chi connectivity index (χ1) is 16.6. The first-order valence-corrected chi connectivity index (χ1v) is 11.4. The second-order valence-corrected chi connectivity index (χ2v) is 8.74. The Bertz CT molecular complexity index is 1470. The molecule has 0 atom stereocenters. The van der Waals surface area contributed by atoms with Crippen LogP contribution < -0.4 is 14.2 Å². The Labute approximate surface area is 201 Å². The number of hydrogen-bond donors (Lipinski definition) is 1. The summed E-state index contributed by atoms with van der Waals surface area (Å²) in [5, 5.41) is 23.0. The van der Waals surface area contributed by atoms with Crippen LogP contribution in [0.4, 0.5) is 11.4 Å². The normalized spacial score (nSPS) is 11.3. The van der Waals surface area contributed by atoms with Crippen molar-refractivity contribution < 1.29 is 27.1 Å². The topological polar surface area (TPSA) is 149 Å². The fourth-order valence-electron chi connectivity index (χ4n) is 3.00. The fourth-order valence-corrected chi connectivity index (χ4v) is 3.98. The van der Waals surface area contributed by atoms with E-state index in [1.807, 2.05) is 19.1 Å². The number of amides is 1. The lowest BCUT2D eigenvalue weighted by atomic mass is 10.1. The molecule has 0 aliphatic rings. The number of nitro groups is 1. The average Bonchev–Trinajstić information content (AvgIpc) is 2.83. The van der Waals surface area contributed by atoms with Crippen LogP contribution in [0, 0.1) is 28.4 Å². The lowest BCUT2D eigenvalue weighted by molar-refractivity contribution is -0.385. The predicted octanol–water partition coefficient (Wildman–Crippen LogP) is 4.23. The van der Waals surface area contributed by atoms with Gasteiger partial charge in [0.15, 0.2) is 11.5 Å². The van der Waals surface area contributed by atoms with E-state index in [2.05, 4.69) is 5.32 Å². The summed E-state index contributed by atoms with van der Waals surface area (Å²) in [5.41, 5.74) is 1.24. The van der Waals surface area contributed by atoms with Crippen LogP contribution in [-0.4, -0.2) is 26.4 Å². The maximum absolute atomic E-state index is 12.6. The predicted molar refractivity (Wildman–Crippen MR) is 127 cm³/mol. The number of non-ortho nitro benzene ring substituents is 1. The van der Waals surface area contributed by atoms with Crippen LogP contribution in [0.25, 0.3) is 6.08 Å². The molecule has 0 saturated carbocycles. The number of nitrogens with one attached hydrogen (secondary N) is 1. The van der Waals surface area contributed by atoms with Gasteiger partial charge < -0.3 is 14.2 Å². The molecule has 0 unspecified atom stereocenters. The van der Waals surface area contributed by atoms with Crippen molar-refractivity contribution >= 4 is 33.5 Å². The van der Waals surface area contributed by atoms with Gasteiger partial charge in [0.25, 0.3) is 11.6 Å². The Kier molecular flexibility index (Phi) is 7.48. The van der Waals surface area contributed by atoms with Crippen LogP contribution >= 0.6 is 0 Å². The monoisotopic (exact) mass is 493 g/mol. The van der Waals surface area contributed by atoms with Crippen molar-refractivity contribution in [2.24, 2.45) is 0 Å². The number of methoxy groups -OCH3 is 1. The molecular weight excluding hydrogens is 474 g/mol. The number of ether oxygens (including phenoxy) is 1. The summed E-state index contributed by atoms with van der Waals surface area (Å²) in [6.07, 6.45) is 1.31. The van der Waals surface area contributed by atoms with Gasteiger partial charge in [-0.1, -0.05) is 24.3 Å². The Hall–Kier alpha value is -4.69. The highest BCUT2D eigenvalue weighted by Crippen LogP contribution is 2.32. The second-order valence-electron chi connectivity index (χ2n) is 7.20. The van der Waals surface area contributed by atoms with E-state index >= 15 is 0 Å². The molecule has 3 rings (SSSR count). The molecule has 0 radical (unpaired) electrons. The first kappa shape index (κ1) is 24.9. The van der Waals surface area contributed by atoms with Crippen LogP contribution in [0.3, 0.4) is 0 Å². The van der Waals surface area contributed by atoms with Crippen LogP contribution in [-0.2, 0) is 14.9 Å². The van der Waals surface area contributed by atoms with Crippen molar-refractivity contribution in [2.45, 2.75) is 11.8 Å². The molecular formula is C24H19N3O7S. The van der Waals surface area contributed by atoms with Gasteiger partial charge in [-0.25, -0.2) is 0 Å². The minimum Gasteiger partial charge on any atom is -0.493 e. The number of carbonyl (C=O) groups excluding carboxylic acids is 1. The van der Waals surface area contributed by atoms with Crippen LogP contribution in [0.2, 0.25) is 0 Å². The summed E-state index contributed by atoms with van der Waals surface area (Å²) in [7, 11) is -3.13.